The molecule has 4 aromatic heterocycles. The Morgan fingerprint density at radius 1 is 1.17 bits per heavy atom. The van der Waals surface area contributed by atoms with E-state index in [1.165, 1.54) is 6.42 Å². The Labute approximate surface area is 245 Å². The van der Waals surface area contributed by atoms with Crippen LogP contribution in [0.15, 0.2) is 61.7 Å². The minimum absolute atomic E-state index is 0.125. The number of piperidine rings is 1. The van der Waals surface area contributed by atoms with Gasteiger partial charge < -0.3 is 14.7 Å². The lowest BCUT2D eigenvalue weighted by Gasteiger charge is -2.56. The number of hydrogen-bond donors (Lipinski definition) is 1. The van der Waals surface area contributed by atoms with E-state index in [-0.39, 0.29) is 6.61 Å². The maximum atomic E-state index is 10.1. The first kappa shape index (κ1) is 27.5. The van der Waals surface area contributed by atoms with Crippen molar-refractivity contribution in [1.82, 2.24) is 24.5 Å². The summed E-state index contributed by atoms with van der Waals surface area (Å²) in [4.78, 5) is 14.2. The third-order valence-corrected chi connectivity index (χ3v) is 7.99. The highest BCUT2D eigenvalue weighted by Gasteiger charge is 2.44. The molecular weight excluding hydrogens is 526 g/mol. The van der Waals surface area contributed by atoms with Gasteiger partial charge in [0.15, 0.2) is 0 Å². The molecule has 0 aromatic carbocycles. The molecule has 3 aliphatic heterocycles. The van der Waals surface area contributed by atoms with Crippen molar-refractivity contribution in [3.63, 3.8) is 0 Å². The number of hydrogen-bond acceptors (Lipinski definition) is 8. The molecule has 7 rings (SSSR count). The second kappa shape index (κ2) is 10.9. The SMILES string of the molecule is C#Cc1ccc(C(=C)CCN2C3CC2CN(c2ccc(-c4cc(OCC(C)(C)O)cn5ncc(C#N)c45)cn2)C3)nc1. The number of ether oxygens (including phenoxy) is 1. The van der Waals surface area contributed by atoms with Crippen molar-refractivity contribution in [2.45, 2.75) is 44.4 Å². The highest BCUT2D eigenvalue weighted by atomic mass is 16.5. The minimum Gasteiger partial charge on any atom is -0.489 e. The summed E-state index contributed by atoms with van der Waals surface area (Å²) in [6.45, 7) is 10.6. The maximum Gasteiger partial charge on any atom is 0.138 e. The van der Waals surface area contributed by atoms with Gasteiger partial charge in [-0.2, -0.15) is 10.4 Å². The lowest BCUT2D eigenvalue weighted by molar-refractivity contribution is 0.00138. The number of fused-ring (bicyclic) bond motifs is 3. The summed E-state index contributed by atoms with van der Waals surface area (Å²) in [5.74, 6) is 4.09. The number of nitrogens with zero attached hydrogens (tertiary/aromatic N) is 7. The monoisotopic (exact) mass is 559 g/mol. The van der Waals surface area contributed by atoms with Crippen LogP contribution in [0.4, 0.5) is 5.82 Å². The van der Waals surface area contributed by atoms with Crippen molar-refractivity contribution >= 4 is 16.9 Å². The van der Waals surface area contributed by atoms with Gasteiger partial charge >= 0.3 is 0 Å². The molecule has 0 radical (unpaired) electrons. The van der Waals surface area contributed by atoms with Crippen LogP contribution in [0.1, 0.15) is 43.5 Å². The van der Waals surface area contributed by atoms with Crippen molar-refractivity contribution in [3.8, 4) is 35.3 Å². The van der Waals surface area contributed by atoms with Gasteiger partial charge in [-0.05, 0) is 62.6 Å². The molecule has 7 heterocycles. The second-order valence-corrected chi connectivity index (χ2v) is 11.7. The van der Waals surface area contributed by atoms with Crippen LogP contribution in [0.3, 0.4) is 0 Å². The smallest absolute Gasteiger partial charge is 0.138 e. The van der Waals surface area contributed by atoms with Gasteiger partial charge in [0, 0.05) is 60.8 Å². The predicted octanol–water partition coefficient (Wildman–Crippen LogP) is 4.16. The molecule has 3 aliphatic rings. The minimum atomic E-state index is -0.981. The summed E-state index contributed by atoms with van der Waals surface area (Å²) in [7, 11) is 0. The molecule has 3 fully saturated rings. The molecule has 2 atom stereocenters. The van der Waals surface area contributed by atoms with Gasteiger partial charge in [-0.1, -0.05) is 12.5 Å². The van der Waals surface area contributed by atoms with Gasteiger partial charge in [-0.3, -0.25) is 9.88 Å². The molecule has 1 N–H and O–H groups in total. The lowest BCUT2D eigenvalue weighted by Crippen LogP contribution is -2.68. The summed E-state index contributed by atoms with van der Waals surface area (Å²) in [5, 5.41) is 24.1. The Hall–Kier alpha value is -4.70. The van der Waals surface area contributed by atoms with Crippen LogP contribution < -0.4 is 9.64 Å². The summed E-state index contributed by atoms with van der Waals surface area (Å²) in [6.07, 6.45) is 14.3. The molecule has 0 aliphatic carbocycles. The molecule has 0 spiro atoms. The second-order valence-electron chi connectivity index (χ2n) is 11.7. The number of anilines is 1. The zero-order chi connectivity index (χ0) is 29.4. The molecule has 9 nitrogen and oxygen atoms in total. The fourth-order valence-corrected chi connectivity index (χ4v) is 5.79. The van der Waals surface area contributed by atoms with Gasteiger partial charge in [0.25, 0.3) is 0 Å². The summed E-state index contributed by atoms with van der Waals surface area (Å²) < 4.78 is 7.50. The number of nitriles is 1. The number of piperazine rings is 1. The number of aromatic nitrogens is 4. The van der Waals surface area contributed by atoms with Crippen molar-refractivity contribution in [1.29, 1.82) is 5.26 Å². The van der Waals surface area contributed by atoms with E-state index in [9.17, 15) is 10.4 Å². The molecule has 9 heteroatoms. The molecular formula is C33H33N7O2. The van der Waals surface area contributed by atoms with Gasteiger partial charge in [-0.15, -0.1) is 6.42 Å². The van der Waals surface area contributed by atoms with E-state index in [4.69, 9.17) is 16.1 Å². The van der Waals surface area contributed by atoms with Gasteiger partial charge in [0.05, 0.1) is 34.8 Å². The van der Waals surface area contributed by atoms with Crippen LogP contribution in [0, 0.1) is 23.7 Å². The third-order valence-electron chi connectivity index (χ3n) is 7.99. The fraction of sp³-hybridized carbons (Fsp3) is 0.333. The van der Waals surface area contributed by atoms with Gasteiger partial charge in [0.2, 0.25) is 0 Å². The van der Waals surface area contributed by atoms with E-state index in [0.717, 1.165) is 59.8 Å². The topological polar surface area (TPSA) is 103 Å². The quantitative estimate of drug-likeness (QED) is 0.305. The molecule has 3 saturated heterocycles. The molecule has 0 saturated carbocycles. The summed E-state index contributed by atoms with van der Waals surface area (Å²) >= 11 is 0. The first-order chi connectivity index (χ1) is 20.2. The molecule has 212 valence electrons. The Kier molecular flexibility index (Phi) is 7.16. The van der Waals surface area contributed by atoms with Crippen LogP contribution >= 0.6 is 0 Å². The van der Waals surface area contributed by atoms with E-state index >= 15 is 0 Å². The van der Waals surface area contributed by atoms with Crippen molar-refractivity contribution in [2.24, 2.45) is 0 Å². The fourth-order valence-electron chi connectivity index (χ4n) is 5.79. The standard InChI is InChI=1S/C33H33N7O2/c1-5-23-6-8-30(35-15-23)22(2)10-11-39-26-12-27(39)19-38(18-26)31-9-7-24(16-36-31)29-13-28(42-21-33(3,4)41)20-40-32(29)25(14-34)17-37-40/h1,6-9,13,15-17,20,26-27,41H,2,10-12,18-19,21H2,3-4H3. The van der Waals surface area contributed by atoms with E-state index in [1.54, 1.807) is 37.0 Å². The molecule has 42 heavy (non-hydrogen) atoms. The van der Waals surface area contributed by atoms with Gasteiger partial charge in [-0.25, -0.2) is 9.50 Å². The Morgan fingerprint density at radius 3 is 2.62 bits per heavy atom. The first-order valence-corrected chi connectivity index (χ1v) is 14.1. The first-order valence-electron chi connectivity index (χ1n) is 14.1. The summed E-state index contributed by atoms with van der Waals surface area (Å²) in [5.41, 5.74) is 4.55. The van der Waals surface area contributed by atoms with Crippen molar-refractivity contribution in [2.75, 3.05) is 31.1 Å². The zero-order valence-electron chi connectivity index (χ0n) is 23.9. The largest absolute Gasteiger partial charge is 0.489 e. The molecule has 2 unspecified atom stereocenters. The average Bonchev–Trinajstić information content (AvgIpc) is 3.42. The van der Waals surface area contributed by atoms with Crippen molar-refractivity contribution in [3.05, 3.63) is 78.5 Å². The maximum absolute atomic E-state index is 10.1. The summed E-state index contributed by atoms with van der Waals surface area (Å²) in [6, 6.07) is 13.0. The van der Waals surface area contributed by atoms with Crippen LogP contribution in [0.2, 0.25) is 0 Å². The predicted molar refractivity (Wildman–Crippen MR) is 162 cm³/mol. The number of rotatable bonds is 9. The highest BCUT2D eigenvalue weighted by Crippen LogP contribution is 2.36. The van der Waals surface area contributed by atoms with E-state index < -0.39 is 5.60 Å². The van der Waals surface area contributed by atoms with Crippen molar-refractivity contribution < 1.29 is 9.84 Å². The third kappa shape index (κ3) is 5.45. The lowest BCUT2D eigenvalue weighted by atomic mass is 9.86. The van der Waals surface area contributed by atoms with Gasteiger partial charge in [0.1, 0.15) is 24.2 Å². The molecule has 2 bridgehead atoms. The van der Waals surface area contributed by atoms with Crippen LogP contribution in [-0.4, -0.2) is 73.5 Å². The number of aliphatic hydroxyl groups is 1. The van der Waals surface area contributed by atoms with E-state index in [0.29, 0.717) is 28.9 Å². The zero-order valence-corrected chi connectivity index (χ0v) is 23.9. The average molecular weight is 560 g/mol. The molecule has 4 aromatic rings. The number of terminal acetylenes is 1. The van der Waals surface area contributed by atoms with E-state index in [2.05, 4.69) is 38.5 Å². The van der Waals surface area contributed by atoms with Crippen LogP contribution in [0.5, 0.6) is 5.75 Å². The Bertz CT molecular complexity index is 1690. The van der Waals surface area contributed by atoms with Crippen LogP contribution in [-0.2, 0) is 0 Å². The Morgan fingerprint density at radius 2 is 1.98 bits per heavy atom. The Balaban J connectivity index is 1.13. The molecule has 0 amide bonds. The normalized spacial score (nSPS) is 18.3. The highest BCUT2D eigenvalue weighted by molar-refractivity contribution is 5.85. The number of pyridine rings is 3. The van der Waals surface area contributed by atoms with Crippen LogP contribution in [0.25, 0.3) is 22.2 Å². The van der Waals surface area contributed by atoms with E-state index in [1.807, 2.05) is 36.5 Å².